The fourth-order valence-corrected chi connectivity index (χ4v) is 1.92. The number of halogens is 2. The minimum absolute atomic E-state index is 0. The first-order valence-corrected chi connectivity index (χ1v) is 7.32. The third kappa shape index (κ3) is 9.92. The molecule has 1 rings (SSSR count). The number of hydrogen-bond acceptors (Lipinski definition) is 2. The van der Waals surface area contributed by atoms with E-state index in [1.54, 1.807) is 14.2 Å². The zero-order valence-corrected chi connectivity index (χ0v) is 15.8. The fourth-order valence-electron chi connectivity index (χ4n) is 1.79. The molecule has 0 fully saturated rings. The standard InChI is InChI=1S/C15H24ClN3O.HI/c1-17-15(19-11-4-12-20-2)18-10-3-5-13-6-8-14(16)9-7-13;/h6-9H,3-5,10-12H2,1-2H3,(H2,17,18,19);1H. The summed E-state index contributed by atoms with van der Waals surface area (Å²) < 4.78 is 5.00. The second kappa shape index (κ2) is 13.2. The number of methoxy groups -OCH3 is 1. The molecule has 6 heteroatoms. The maximum Gasteiger partial charge on any atom is 0.190 e. The Balaban J connectivity index is 0.00000400. The van der Waals surface area contributed by atoms with Crippen LogP contribution in [-0.4, -0.2) is 39.8 Å². The van der Waals surface area contributed by atoms with Crippen LogP contribution in [0.3, 0.4) is 0 Å². The van der Waals surface area contributed by atoms with Crippen LogP contribution in [-0.2, 0) is 11.2 Å². The molecule has 0 aromatic heterocycles. The maximum atomic E-state index is 5.86. The average Bonchev–Trinajstić information content (AvgIpc) is 2.47. The van der Waals surface area contributed by atoms with E-state index in [4.69, 9.17) is 16.3 Å². The van der Waals surface area contributed by atoms with Crippen LogP contribution in [0.1, 0.15) is 18.4 Å². The summed E-state index contributed by atoms with van der Waals surface area (Å²) in [6.07, 6.45) is 3.06. The van der Waals surface area contributed by atoms with Gasteiger partial charge in [-0.25, -0.2) is 0 Å². The molecule has 0 atom stereocenters. The van der Waals surface area contributed by atoms with Gasteiger partial charge in [-0.15, -0.1) is 24.0 Å². The summed E-state index contributed by atoms with van der Waals surface area (Å²) >= 11 is 5.86. The zero-order valence-electron chi connectivity index (χ0n) is 12.7. The highest BCUT2D eigenvalue weighted by Gasteiger charge is 1.97. The van der Waals surface area contributed by atoms with Gasteiger partial charge in [-0.3, -0.25) is 4.99 Å². The largest absolute Gasteiger partial charge is 0.385 e. The quantitative estimate of drug-likeness (QED) is 0.291. The molecule has 2 N–H and O–H groups in total. The summed E-state index contributed by atoms with van der Waals surface area (Å²) in [5, 5.41) is 7.34. The van der Waals surface area contributed by atoms with Gasteiger partial charge in [-0.2, -0.15) is 0 Å². The smallest absolute Gasteiger partial charge is 0.190 e. The molecule has 0 bridgehead atoms. The van der Waals surface area contributed by atoms with Gasteiger partial charge >= 0.3 is 0 Å². The van der Waals surface area contributed by atoms with Crippen molar-refractivity contribution in [3.05, 3.63) is 34.9 Å². The Hall–Kier alpha value is -0.530. The summed E-state index contributed by atoms with van der Waals surface area (Å²) in [5.74, 6) is 0.845. The molecule has 0 aliphatic carbocycles. The fraction of sp³-hybridized carbons (Fsp3) is 0.533. The summed E-state index contributed by atoms with van der Waals surface area (Å²) in [5.41, 5.74) is 1.30. The second-order valence-electron chi connectivity index (χ2n) is 4.50. The lowest BCUT2D eigenvalue weighted by Gasteiger charge is -2.11. The molecule has 4 nitrogen and oxygen atoms in total. The van der Waals surface area contributed by atoms with Gasteiger partial charge in [0, 0.05) is 38.9 Å². The van der Waals surface area contributed by atoms with Gasteiger partial charge in [-0.05, 0) is 37.0 Å². The molecule has 1 aromatic rings. The van der Waals surface area contributed by atoms with Crippen LogP contribution >= 0.6 is 35.6 Å². The van der Waals surface area contributed by atoms with Gasteiger partial charge < -0.3 is 15.4 Å². The Morgan fingerprint density at radius 3 is 2.33 bits per heavy atom. The number of nitrogens with one attached hydrogen (secondary N) is 2. The number of rotatable bonds is 8. The summed E-state index contributed by atoms with van der Waals surface area (Å²) in [4.78, 5) is 4.18. The lowest BCUT2D eigenvalue weighted by molar-refractivity contribution is 0.195. The van der Waals surface area contributed by atoms with Crippen molar-refractivity contribution >= 4 is 41.5 Å². The van der Waals surface area contributed by atoms with Gasteiger partial charge in [0.15, 0.2) is 5.96 Å². The molecule has 120 valence electrons. The molecule has 0 aliphatic heterocycles. The normalized spacial score (nSPS) is 10.9. The van der Waals surface area contributed by atoms with E-state index < -0.39 is 0 Å². The Labute approximate surface area is 149 Å². The average molecular weight is 426 g/mol. The topological polar surface area (TPSA) is 45.7 Å². The highest BCUT2D eigenvalue weighted by atomic mass is 127. The molecule has 0 spiro atoms. The van der Waals surface area contributed by atoms with Crippen LogP contribution in [0.2, 0.25) is 5.02 Å². The minimum Gasteiger partial charge on any atom is -0.385 e. The third-order valence-electron chi connectivity index (χ3n) is 2.89. The van der Waals surface area contributed by atoms with E-state index in [0.29, 0.717) is 0 Å². The molecule has 0 aliphatic rings. The Kier molecular flexibility index (Phi) is 12.8. The molecular formula is C15H25ClIN3O. The summed E-state index contributed by atoms with van der Waals surface area (Å²) in [7, 11) is 3.49. The molecule has 0 radical (unpaired) electrons. The summed E-state index contributed by atoms with van der Waals surface area (Å²) in [6, 6.07) is 8.00. The second-order valence-corrected chi connectivity index (χ2v) is 4.94. The first-order chi connectivity index (χ1) is 9.76. The van der Waals surface area contributed by atoms with Crippen LogP contribution in [0.5, 0.6) is 0 Å². The van der Waals surface area contributed by atoms with Crippen LogP contribution in [0.15, 0.2) is 29.3 Å². The van der Waals surface area contributed by atoms with Crippen molar-refractivity contribution in [3.63, 3.8) is 0 Å². The lowest BCUT2D eigenvalue weighted by Crippen LogP contribution is -2.38. The molecule has 21 heavy (non-hydrogen) atoms. The summed E-state index contributed by atoms with van der Waals surface area (Å²) in [6.45, 7) is 2.53. The number of nitrogens with zero attached hydrogens (tertiary/aromatic N) is 1. The van der Waals surface area contributed by atoms with Gasteiger partial charge in [0.2, 0.25) is 0 Å². The molecule has 0 saturated heterocycles. The number of aliphatic imine (C=N–C) groups is 1. The molecule has 0 saturated carbocycles. The van der Waals surface area contributed by atoms with Crippen molar-refractivity contribution in [2.45, 2.75) is 19.3 Å². The molecular weight excluding hydrogens is 401 g/mol. The van der Waals surface area contributed by atoms with E-state index in [9.17, 15) is 0 Å². The lowest BCUT2D eigenvalue weighted by atomic mass is 10.1. The van der Waals surface area contributed by atoms with Gasteiger partial charge in [0.05, 0.1) is 0 Å². The Morgan fingerprint density at radius 2 is 1.76 bits per heavy atom. The molecule has 0 unspecified atom stereocenters. The number of benzene rings is 1. The van der Waals surface area contributed by atoms with Gasteiger partial charge in [0.1, 0.15) is 0 Å². The minimum atomic E-state index is 0. The Morgan fingerprint density at radius 1 is 1.14 bits per heavy atom. The van der Waals surface area contributed by atoms with Crippen LogP contribution in [0.4, 0.5) is 0 Å². The number of ether oxygens (including phenoxy) is 1. The van der Waals surface area contributed by atoms with Crippen LogP contribution in [0.25, 0.3) is 0 Å². The third-order valence-corrected chi connectivity index (χ3v) is 3.14. The van der Waals surface area contributed by atoms with E-state index in [-0.39, 0.29) is 24.0 Å². The van der Waals surface area contributed by atoms with Crippen molar-refractivity contribution < 1.29 is 4.74 Å². The molecule has 1 aromatic carbocycles. The first-order valence-electron chi connectivity index (χ1n) is 6.94. The highest BCUT2D eigenvalue weighted by Crippen LogP contribution is 2.10. The van der Waals surface area contributed by atoms with Gasteiger partial charge in [-0.1, -0.05) is 23.7 Å². The van der Waals surface area contributed by atoms with Crippen LogP contribution < -0.4 is 10.6 Å². The predicted octanol–water partition coefficient (Wildman–Crippen LogP) is 3.09. The monoisotopic (exact) mass is 425 g/mol. The highest BCUT2D eigenvalue weighted by molar-refractivity contribution is 14.0. The predicted molar refractivity (Wildman–Crippen MR) is 101 cm³/mol. The SMILES string of the molecule is CN=C(NCCCOC)NCCCc1ccc(Cl)cc1.I. The number of hydrogen-bond donors (Lipinski definition) is 2. The molecule has 0 heterocycles. The van der Waals surface area contributed by atoms with Crippen molar-refractivity contribution in [3.8, 4) is 0 Å². The number of guanidine groups is 1. The maximum absolute atomic E-state index is 5.86. The molecule has 0 amide bonds. The van der Waals surface area contributed by atoms with Crippen molar-refractivity contribution in [2.75, 3.05) is 33.9 Å². The van der Waals surface area contributed by atoms with E-state index in [2.05, 4.69) is 27.8 Å². The Bertz CT molecular complexity index is 398. The van der Waals surface area contributed by atoms with Crippen molar-refractivity contribution in [2.24, 2.45) is 4.99 Å². The van der Waals surface area contributed by atoms with Crippen LogP contribution in [0, 0.1) is 0 Å². The zero-order chi connectivity index (χ0) is 14.6. The van der Waals surface area contributed by atoms with Gasteiger partial charge in [0.25, 0.3) is 0 Å². The van der Waals surface area contributed by atoms with E-state index in [1.165, 1.54) is 5.56 Å². The van der Waals surface area contributed by atoms with E-state index in [0.717, 1.165) is 49.9 Å². The van der Waals surface area contributed by atoms with E-state index in [1.807, 2.05) is 12.1 Å². The van der Waals surface area contributed by atoms with Crippen molar-refractivity contribution in [1.29, 1.82) is 0 Å². The first kappa shape index (κ1) is 20.5. The van der Waals surface area contributed by atoms with E-state index >= 15 is 0 Å². The van der Waals surface area contributed by atoms with Crippen molar-refractivity contribution in [1.82, 2.24) is 10.6 Å². The number of aryl methyl sites for hydroxylation is 1.